The van der Waals surface area contributed by atoms with Gasteiger partial charge in [-0.3, -0.25) is 0 Å². The van der Waals surface area contributed by atoms with E-state index in [-0.39, 0.29) is 0 Å². The van der Waals surface area contributed by atoms with Crippen LogP contribution in [0, 0.1) is 0 Å². The second-order valence-corrected chi connectivity index (χ2v) is 2.78. The molecule has 0 aliphatic rings. The highest BCUT2D eigenvalue weighted by atomic mass is 14.9. The van der Waals surface area contributed by atoms with Crippen LogP contribution < -0.4 is 0 Å². The summed E-state index contributed by atoms with van der Waals surface area (Å²) in [7, 11) is 0. The minimum Gasteiger partial charge on any atom is -0.351 e. The summed E-state index contributed by atoms with van der Waals surface area (Å²) in [6.07, 6.45) is 5.38. The van der Waals surface area contributed by atoms with Crippen LogP contribution in [0.25, 0.3) is 17.3 Å². The normalized spacial score (nSPS) is 9.85. The summed E-state index contributed by atoms with van der Waals surface area (Å²) in [5.74, 6) is 0. The zero-order valence-electron chi connectivity index (χ0n) is 7.20. The monoisotopic (exact) mass is 170 g/mol. The second-order valence-electron chi connectivity index (χ2n) is 2.78. The van der Waals surface area contributed by atoms with E-state index in [4.69, 9.17) is 0 Å². The highest BCUT2D eigenvalue weighted by molar-refractivity contribution is 5.61. The maximum atomic E-state index is 4.16. The van der Waals surface area contributed by atoms with Crippen LogP contribution in [-0.2, 0) is 0 Å². The highest BCUT2D eigenvalue weighted by Gasteiger charge is 1.97. The summed E-state index contributed by atoms with van der Waals surface area (Å²) in [5.41, 5.74) is 3.21. The Morgan fingerprint density at radius 3 is 2.54 bits per heavy atom. The van der Waals surface area contributed by atoms with E-state index in [0.717, 1.165) is 16.8 Å². The molecule has 2 rings (SSSR count). The molecule has 0 unspecified atom stereocenters. The molecule has 2 heteroatoms. The smallest absolute Gasteiger partial charge is 0.0927 e. The van der Waals surface area contributed by atoms with E-state index >= 15 is 0 Å². The number of H-pyrrole nitrogens is 1. The molecule has 0 spiro atoms. The van der Waals surface area contributed by atoms with Gasteiger partial charge in [-0.25, -0.2) is 4.98 Å². The average Bonchev–Trinajstić information content (AvgIpc) is 2.71. The summed E-state index contributed by atoms with van der Waals surface area (Å²) < 4.78 is 0. The predicted octanol–water partition coefficient (Wildman–Crippen LogP) is 2.72. The molecule has 0 saturated heterocycles. The fourth-order valence-electron chi connectivity index (χ4n) is 1.21. The van der Waals surface area contributed by atoms with Gasteiger partial charge in [-0.1, -0.05) is 36.9 Å². The van der Waals surface area contributed by atoms with E-state index in [1.165, 1.54) is 0 Å². The van der Waals surface area contributed by atoms with Gasteiger partial charge in [0.1, 0.15) is 0 Å². The second kappa shape index (κ2) is 3.27. The van der Waals surface area contributed by atoms with Crippen LogP contribution in [0.2, 0.25) is 0 Å². The van der Waals surface area contributed by atoms with Crippen molar-refractivity contribution < 1.29 is 0 Å². The Kier molecular flexibility index (Phi) is 1.96. The maximum Gasteiger partial charge on any atom is 0.0927 e. The molecule has 0 amide bonds. The summed E-state index contributed by atoms with van der Waals surface area (Å²) in [5, 5.41) is 0. The van der Waals surface area contributed by atoms with E-state index in [9.17, 15) is 0 Å². The number of benzene rings is 1. The predicted molar refractivity (Wildman–Crippen MR) is 54.1 cm³/mol. The van der Waals surface area contributed by atoms with Gasteiger partial charge in [-0.15, -0.1) is 0 Å². The molecule has 0 aliphatic heterocycles. The van der Waals surface area contributed by atoms with Gasteiger partial charge in [-0.2, -0.15) is 0 Å². The Hall–Kier alpha value is -1.83. The molecule has 0 saturated carbocycles. The number of rotatable bonds is 2. The minimum absolute atomic E-state index is 0.968. The van der Waals surface area contributed by atoms with Crippen molar-refractivity contribution in [1.82, 2.24) is 9.97 Å². The van der Waals surface area contributed by atoms with Crippen LogP contribution in [0.15, 0.2) is 43.4 Å². The van der Waals surface area contributed by atoms with Crippen molar-refractivity contribution in [1.29, 1.82) is 0 Å². The number of aromatic amines is 1. The lowest BCUT2D eigenvalue weighted by molar-refractivity contribution is 1.31. The number of imidazole rings is 1. The fourth-order valence-corrected chi connectivity index (χ4v) is 1.21. The molecule has 1 aromatic heterocycles. The van der Waals surface area contributed by atoms with Crippen molar-refractivity contribution in [3.8, 4) is 11.3 Å². The van der Waals surface area contributed by atoms with Crippen molar-refractivity contribution in [3.63, 3.8) is 0 Å². The Bertz CT molecular complexity index is 385. The molecular formula is C11H10N2. The van der Waals surface area contributed by atoms with Crippen molar-refractivity contribution in [2.24, 2.45) is 0 Å². The molecule has 1 N–H and O–H groups in total. The molecule has 64 valence electrons. The maximum absolute atomic E-state index is 4.16. The lowest BCUT2D eigenvalue weighted by Gasteiger charge is -1.96. The Morgan fingerprint density at radius 1 is 1.23 bits per heavy atom. The van der Waals surface area contributed by atoms with Crippen molar-refractivity contribution in [2.75, 3.05) is 0 Å². The summed E-state index contributed by atoms with van der Waals surface area (Å²) in [6.45, 7) is 3.70. The van der Waals surface area contributed by atoms with E-state index in [1.54, 1.807) is 6.33 Å². The van der Waals surface area contributed by atoms with E-state index in [0.29, 0.717) is 0 Å². The van der Waals surface area contributed by atoms with Gasteiger partial charge >= 0.3 is 0 Å². The lowest BCUT2D eigenvalue weighted by atomic mass is 10.1. The fraction of sp³-hybridized carbons (Fsp3) is 0. The first-order valence-corrected chi connectivity index (χ1v) is 4.12. The van der Waals surface area contributed by atoms with E-state index in [2.05, 4.69) is 16.5 Å². The van der Waals surface area contributed by atoms with Crippen molar-refractivity contribution in [3.05, 3.63) is 48.9 Å². The van der Waals surface area contributed by atoms with Crippen LogP contribution in [0.4, 0.5) is 0 Å². The third kappa shape index (κ3) is 1.51. The van der Waals surface area contributed by atoms with Crippen LogP contribution in [0.3, 0.4) is 0 Å². The van der Waals surface area contributed by atoms with Gasteiger partial charge in [0.05, 0.1) is 12.0 Å². The van der Waals surface area contributed by atoms with E-state index < -0.39 is 0 Å². The molecule has 2 aromatic rings. The molecule has 0 radical (unpaired) electrons. The van der Waals surface area contributed by atoms with Gasteiger partial charge in [0.25, 0.3) is 0 Å². The Balaban J connectivity index is 2.38. The van der Waals surface area contributed by atoms with Crippen molar-refractivity contribution in [2.45, 2.75) is 0 Å². The third-order valence-corrected chi connectivity index (χ3v) is 1.94. The first kappa shape index (κ1) is 7.80. The van der Waals surface area contributed by atoms with Crippen LogP contribution in [0.5, 0.6) is 0 Å². The Morgan fingerprint density at radius 2 is 2.00 bits per heavy atom. The van der Waals surface area contributed by atoms with Gasteiger partial charge in [0.2, 0.25) is 0 Å². The van der Waals surface area contributed by atoms with Gasteiger partial charge in [-0.05, 0) is 5.56 Å². The Labute approximate surface area is 77.0 Å². The van der Waals surface area contributed by atoms with E-state index in [1.807, 2.05) is 36.5 Å². The molecule has 13 heavy (non-hydrogen) atoms. The first-order valence-electron chi connectivity index (χ1n) is 4.12. The minimum atomic E-state index is 0.968. The number of hydrogen-bond acceptors (Lipinski definition) is 1. The zero-order chi connectivity index (χ0) is 9.10. The van der Waals surface area contributed by atoms with Crippen LogP contribution in [-0.4, -0.2) is 9.97 Å². The highest BCUT2D eigenvalue weighted by Crippen LogP contribution is 2.16. The molecular weight excluding hydrogens is 160 g/mol. The molecule has 0 aliphatic carbocycles. The average molecular weight is 170 g/mol. The standard InChI is InChI=1S/C11H10N2/c1-2-9-3-5-10(6-4-9)11-7-12-8-13-11/h2-8H,1H2,(H,12,13). The zero-order valence-corrected chi connectivity index (χ0v) is 7.20. The molecule has 0 fully saturated rings. The number of nitrogens with one attached hydrogen (secondary N) is 1. The number of nitrogens with zero attached hydrogens (tertiary/aromatic N) is 1. The largest absolute Gasteiger partial charge is 0.351 e. The van der Waals surface area contributed by atoms with Crippen molar-refractivity contribution >= 4 is 6.08 Å². The van der Waals surface area contributed by atoms with Gasteiger partial charge < -0.3 is 4.98 Å². The van der Waals surface area contributed by atoms with Crippen LogP contribution in [0.1, 0.15) is 5.56 Å². The summed E-state index contributed by atoms with van der Waals surface area (Å²) >= 11 is 0. The molecule has 0 atom stereocenters. The summed E-state index contributed by atoms with van der Waals surface area (Å²) in [4.78, 5) is 7.09. The van der Waals surface area contributed by atoms with Gasteiger partial charge in [0.15, 0.2) is 0 Å². The first-order chi connectivity index (χ1) is 6.40. The third-order valence-electron chi connectivity index (χ3n) is 1.94. The molecule has 1 aromatic carbocycles. The molecule has 0 bridgehead atoms. The molecule has 2 nitrogen and oxygen atoms in total. The topological polar surface area (TPSA) is 28.7 Å². The van der Waals surface area contributed by atoms with Gasteiger partial charge in [0, 0.05) is 11.8 Å². The lowest BCUT2D eigenvalue weighted by Crippen LogP contribution is -1.77. The summed E-state index contributed by atoms with van der Waals surface area (Å²) in [6, 6.07) is 8.12. The quantitative estimate of drug-likeness (QED) is 0.737. The number of hydrogen-bond donors (Lipinski definition) is 1. The van der Waals surface area contributed by atoms with Crippen LogP contribution >= 0.6 is 0 Å². The number of aromatic nitrogens is 2. The molecule has 1 heterocycles. The SMILES string of the molecule is C=Cc1ccc(-c2c[nH]cn2)cc1.